The first-order chi connectivity index (χ1) is 8.06. The Labute approximate surface area is 108 Å². The van der Waals surface area contributed by atoms with Gasteiger partial charge in [-0.25, -0.2) is 4.39 Å². The highest BCUT2D eigenvalue weighted by atomic mass is 35.5. The van der Waals surface area contributed by atoms with Crippen molar-refractivity contribution in [3.8, 4) is 0 Å². The summed E-state index contributed by atoms with van der Waals surface area (Å²) in [6.07, 6.45) is 3.25. The molecule has 0 unspecified atom stereocenters. The Morgan fingerprint density at radius 3 is 2.24 bits per heavy atom. The van der Waals surface area contributed by atoms with Crippen LogP contribution in [0, 0.1) is 5.82 Å². The normalized spacial score (nSPS) is 11.8. The van der Waals surface area contributed by atoms with Crippen LogP contribution in [0.4, 0.5) is 4.39 Å². The van der Waals surface area contributed by atoms with Crippen LogP contribution in [0.1, 0.15) is 45.6 Å². The Morgan fingerprint density at radius 1 is 1.18 bits per heavy atom. The third-order valence-corrected chi connectivity index (χ3v) is 4.05. The molecule has 0 aliphatic rings. The second-order valence-electron chi connectivity index (χ2n) is 4.43. The molecular formula is C14H21ClFN. The molecule has 0 aromatic heterocycles. The van der Waals surface area contributed by atoms with E-state index in [4.69, 9.17) is 11.6 Å². The second kappa shape index (κ2) is 6.36. The van der Waals surface area contributed by atoms with Gasteiger partial charge in [0.2, 0.25) is 0 Å². The van der Waals surface area contributed by atoms with Crippen LogP contribution in [0.15, 0.2) is 18.2 Å². The van der Waals surface area contributed by atoms with E-state index in [9.17, 15) is 4.39 Å². The fourth-order valence-corrected chi connectivity index (χ4v) is 2.31. The molecule has 0 spiro atoms. The molecule has 0 fully saturated rings. The predicted molar refractivity (Wildman–Crippen MR) is 71.9 cm³/mol. The van der Waals surface area contributed by atoms with Gasteiger partial charge < -0.3 is 5.32 Å². The molecule has 1 N–H and O–H groups in total. The van der Waals surface area contributed by atoms with E-state index in [1.807, 2.05) is 0 Å². The molecule has 1 nitrogen and oxygen atoms in total. The lowest BCUT2D eigenvalue weighted by molar-refractivity contribution is 0.288. The van der Waals surface area contributed by atoms with E-state index in [2.05, 4.69) is 26.1 Å². The Balaban J connectivity index is 2.72. The first kappa shape index (κ1) is 14.5. The van der Waals surface area contributed by atoms with Gasteiger partial charge in [0.15, 0.2) is 0 Å². The summed E-state index contributed by atoms with van der Waals surface area (Å²) in [5, 5.41) is 4.05. The van der Waals surface area contributed by atoms with E-state index >= 15 is 0 Å². The summed E-state index contributed by atoms with van der Waals surface area (Å²) in [4.78, 5) is 0. The monoisotopic (exact) mass is 257 g/mol. The smallest absolute Gasteiger partial charge is 0.124 e. The quantitative estimate of drug-likeness (QED) is 0.789. The number of nitrogens with one attached hydrogen (secondary N) is 1. The first-order valence-corrected chi connectivity index (χ1v) is 6.63. The van der Waals surface area contributed by atoms with Crippen LogP contribution in [0.3, 0.4) is 0 Å². The zero-order valence-corrected chi connectivity index (χ0v) is 11.6. The minimum atomic E-state index is -0.286. The fourth-order valence-electron chi connectivity index (χ4n) is 2.07. The van der Waals surface area contributed by atoms with Crippen molar-refractivity contribution in [2.75, 3.05) is 0 Å². The van der Waals surface area contributed by atoms with Crippen LogP contribution < -0.4 is 5.32 Å². The lowest BCUT2D eigenvalue weighted by Crippen LogP contribution is -2.43. The predicted octanol–water partition coefficient (Wildman–Crippen LogP) is 4.54. The van der Waals surface area contributed by atoms with Gasteiger partial charge >= 0.3 is 0 Å². The maximum absolute atomic E-state index is 12.9. The van der Waals surface area contributed by atoms with Crippen LogP contribution in [-0.4, -0.2) is 5.54 Å². The minimum absolute atomic E-state index is 0.164. The molecule has 17 heavy (non-hydrogen) atoms. The van der Waals surface area contributed by atoms with Gasteiger partial charge in [-0.15, -0.1) is 0 Å². The zero-order valence-electron chi connectivity index (χ0n) is 10.8. The molecule has 0 saturated carbocycles. The summed E-state index contributed by atoms with van der Waals surface area (Å²) < 4.78 is 12.9. The molecule has 0 amide bonds. The lowest BCUT2D eigenvalue weighted by Gasteiger charge is -2.32. The molecule has 0 saturated heterocycles. The van der Waals surface area contributed by atoms with Crippen molar-refractivity contribution < 1.29 is 4.39 Å². The third kappa shape index (κ3) is 3.68. The van der Waals surface area contributed by atoms with Crippen LogP contribution >= 0.6 is 11.6 Å². The molecular weight excluding hydrogens is 237 g/mol. The summed E-state index contributed by atoms with van der Waals surface area (Å²) in [6.45, 7) is 7.25. The molecule has 0 atom stereocenters. The molecule has 0 bridgehead atoms. The average Bonchev–Trinajstić information content (AvgIpc) is 2.33. The Morgan fingerprint density at radius 2 is 1.76 bits per heavy atom. The highest BCUT2D eigenvalue weighted by Gasteiger charge is 2.22. The highest BCUT2D eigenvalue weighted by molar-refractivity contribution is 6.31. The number of halogens is 2. The lowest BCUT2D eigenvalue weighted by atomic mass is 9.89. The summed E-state index contributed by atoms with van der Waals surface area (Å²) in [6, 6.07) is 4.56. The largest absolute Gasteiger partial charge is 0.307 e. The van der Waals surface area contributed by atoms with Crippen LogP contribution in [-0.2, 0) is 6.54 Å². The molecule has 3 heteroatoms. The van der Waals surface area contributed by atoms with Gasteiger partial charge in [-0.05, 0) is 37.0 Å². The molecule has 0 heterocycles. The Bertz CT molecular complexity index is 353. The summed E-state index contributed by atoms with van der Waals surface area (Å²) >= 11 is 6.01. The summed E-state index contributed by atoms with van der Waals surface area (Å²) in [5.41, 5.74) is 1.12. The van der Waals surface area contributed by atoms with Crippen LogP contribution in [0.5, 0.6) is 0 Å². The maximum atomic E-state index is 12.9. The Hall–Kier alpha value is -0.600. The van der Waals surface area contributed by atoms with Crippen molar-refractivity contribution in [3.63, 3.8) is 0 Å². The molecule has 1 rings (SSSR count). The van der Waals surface area contributed by atoms with Gasteiger partial charge in [0.25, 0.3) is 0 Å². The molecule has 96 valence electrons. The van der Waals surface area contributed by atoms with E-state index in [1.54, 1.807) is 6.07 Å². The standard InChI is InChI=1S/C14H21ClFN/c1-4-14(5-2,6-3)17-10-11-7-8-12(16)9-13(11)15/h7-9,17H,4-6,10H2,1-3H3. The minimum Gasteiger partial charge on any atom is -0.307 e. The highest BCUT2D eigenvalue weighted by Crippen LogP contribution is 2.22. The van der Waals surface area contributed by atoms with Crippen molar-refractivity contribution in [1.29, 1.82) is 0 Å². The van der Waals surface area contributed by atoms with Crippen molar-refractivity contribution in [2.45, 2.75) is 52.1 Å². The van der Waals surface area contributed by atoms with Crippen LogP contribution in [0.25, 0.3) is 0 Å². The maximum Gasteiger partial charge on any atom is 0.124 e. The number of benzene rings is 1. The second-order valence-corrected chi connectivity index (χ2v) is 4.84. The van der Waals surface area contributed by atoms with Crippen molar-refractivity contribution in [2.24, 2.45) is 0 Å². The average molecular weight is 258 g/mol. The van der Waals surface area contributed by atoms with E-state index < -0.39 is 0 Å². The topological polar surface area (TPSA) is 12.0 Å². The zero-order chi connectivity index (χ0) is 12.9. The van der Waals surface area contributed by atoms with E-state index in [-0.39, 0.29) is 11.4 Å². The molecule has 0 aliphatic carbocycles. The number of hydrogen-bond acceptors (Lipinski definition) is 1. The van der Waals surface area contributed by atoms with Gasteiger partial charge in [0, 0.05) is 17.1 Å². The number of hydrogen-bond donors (Lipinski definition) is 1. The third-order valence-electron chi connectivity index (χ3n) is 3.70. The van der Waals surface area contributed by atoms with Gasteiger partial charge in [0.1, 0.15) is 5.82 Å². The van der Waals surface area contributed by atoms with E-state index in [1.165, 1.54) is 12.1 Å². The van der Waals surface area contributed by atoms with Crippen molar-refractivity contribution in [3.05, 3.63) is 34.6 Å². The molecule has 1 aromatic rings. The van der Waals surface area contributed by atoms with Crippen molar-refractivity contribution in [1.82, 2.24) is 5.32 Å². The Kier molecular flexibility index (Phi) is 5.41. The van der Waals surface area contributed by atoms with Gasteiger partial charge in [-0.3, -0.25) is 0 Å². The van der Waals surface area contributed by atoms with Gasteiger partial charge in [0.05, 0.1) is 0 Å². The van der Waals surface area contributed by atoms with Gasteiger partial charge in [-0.2, -0.15) is 0 Å². The SMILES string of the molecule is CCC(CC)(CC)NCc1ccc(F)cc1Cl. The fraction of sp³-hybridized carbons (Fsp3) is 0.571. The van der Waals surface area contributed by atoms with E-state index in [0.717, 1.165) is 24.8 Å². The van der Waals surface area contributed by atoms with E-state index in [0.29, 0.717) is 11.6 Å². The number of rotatable bonds is 6. The molecule has 1 aromatic carbocycles. The summed E-state index contributed by atoms with van der Waals surface area (Å²) in [7, 11) is 0. The van der Waals surface area contributed by atoms with Crippen LogP contribution in [0.2, 0.25) is 5.02 Å². The van der Waals surface area contributed by atoms with Crippen molar-refractivity contribution >= 4 is 11.6 Å². The first-order valence-electron chi connectivity index (χ1n) is 6.26. The van der Waals surface area contributed by atoms with Gasteiger partial charge in [-0.1, -0.05) is 38.4 Å². The molecule has 0 aliphatic heterocycles. The molecule has 0 radical (unpaired) electrons. The summed E-state index contributed by atoms with van der Waals surface area (Å²) in [5.74, 6) is -0.286.